The van der Waals surface area contributed by atoms with Gasteiger partial charge in [0.2, 0.25) is 0 Å². The molecule has 0 bridgehead atoms. The van der Waals surface area contributed by atoms with Crippen LogP contribution in [0.3, 0.4) is 0 Å². The lowest BCUT2D eigenvalue weighted by Gasteiger charge is -2.05. The number of carbonyl (C=O) groups is 1. The number of carbonyl (C=O) groups excluding carboxylic acids is 1. The molecule has 0 spiro atoms. The van der Waals surface area contributed by atoms with Crippen LogP contribution in [0.15, 0.2) is 36.5 Å². The second kappa shape index (κ2) is 5.60. The molecule has 4 nitrogen and oxygen atoms in total. The third-order valence-corrected chi connectivity index (χ3v) is 2.53. The van der Waals surface area contributed by atoms with Gasteiger partial charge in [0.05, 0.1) is 12.2 Å². The maximum atomic E-state index is 11.9. The van der Waals surface area contributed by atoms with Crippen LogP contribution in [0.2, 0.25) is 5.15 Å². The molecule has 0 radical (unpaired) electrons. The molecule has 0 saturated heterocycles. The van der Waals surface area contributed by atoms with E-state index in [1.165, 1.54) is 0 Å². The quantitative estimate of drug-likeness (QED) is 0.863. The van der Waals surface area contributed by atoms with Crippen LogP contribution in [-0.2, 0) is 6.54 Å². The topological polar surface area (TPSA) is 54.9 Å². The number of halogens is 1. The van der Waals surface area contributed by atoms with Gasteiger partial charge in [-0.1, -0.05) is 17.7 Å². The van der Waals surface area contributed by atoms with Crippen molar-refractivity contribution in [2.45, 2.75) is 13.5 Å². The molecule has 18 heavy (non-hydrogen) atoms. The van der Waals surface area contributed by atoms with E-state index in [2.05, 4.69) is 15.3 Å². The molecule has 0 fully saturated rings. The molecular formula is C13H12ClN3O. The van der Waals surface area contributed by atoms with E-state index in [1.54, 1.807) is 25.3 Å². The van der Waals surface area contributed by atoms with E-state index in [1.807, 2.05) is 18.2 Å². The van der Waals surface area contributed by atoms with Gasteiger partial charge in [0, 0.05) is 17.5 Å². The smallest absolute Gasteiger partial charge is 0.251 e. The summed E-state index contributed by atoms with van der Waals surface area (Å²) in [5.41, 5.74) is 2.02. The average Bonchev–Trinajstić information content (AvgIpc) is 2.36. The van der Waals surface area contributed by atoms with Crippen molar-refractivity contribution in [2.75, 3.05) is 0 Å². The van der Waals surface area contributed by atoms with Crippen LogP contribution >= 0.6 is 11.6 Å². The van der Waals surface area contributed by atoms with Gasteiger partial charge in [0.15, 0.2) is 0 Å². The lowest BCUT2D eigenvalue weighted by Crippen LogP contribution is -2.23. The van der Waals surface area contributed by atoms with Crippen molar-refractivity contribution in [3.05, 3.63) is 58.6 Å². The van der Waals surface area contributed by atoms with Gasteiger partial charge >= 0.3 is 0 Å². The summed E-state index contributed by atoms with van der Waals surface area (Å²) in [5, 5.41) is 3.10. The number of hydrogen-bond acceptors (Lipinski definition) is 3. The number of nitrogens with zero attached hydrogens (tertiary/aromatic N) is 2. The first-order valence-corrected chi connectivity index (χ1v) is 5.85. The predicted octanol–water partition coefficient (Wildman–Crippen LogP) is 2.37. The van der Waals surface area contributed by atoms with Gasteiger partial charge in [-0.05, 0) is 31.2 Å². The highest BCUT2D eigenvalue weighted by molar-refractivity contribution is 6.29. The molecule has 2 rings (SSSR count). The zero-order valence-electron chi connectivity index (χ0n) is 9.85. The Bertz CT molecular complexity index is 537. The maximum Gasteiger partial charge on any atom is 0.251 e. The number of hydrogen-bond donors (Lipinski definition) is 1. The van der Waals surface area contributed by atoms with Crippen LogP contribution in [0.25, 0.3) is 0 Å². The fourth-order valence-corrected chi connectivity index (χ4v) is 1.79. The van der Waals surface area contributed by atoms with Crippen LogP contribution < -0.4 is 5.32 Å². The van der Waals surface area contributed by atoms with E-state index in [9.17, 15) is 4.79 Å². The molecule has 92 valence electrons. The number of nitrogens with one attached hydrogen (secondary N) is 1. The van der Waals surface area contributed by atoms with Crippen molar-refractivity contribution in [2.24, 2.45) is 0 Å². The zero-order chi connectivity index (χ0) is 13.0. The summed E-state index contributed by atoms with van der Waals surface area (Å²) in [6.45, 7) is 2.18. The lowest BCUT2D eigenvalue weighted by molar-refractivity contribution is 0.0950. The highest BCUT2D eigenvalue weighted by Crippen LogP contribution is 2.10. The monoisotopic (exact) mass is 261 g/mol. The summed E-state index contributed by atoms with van der Waals surface area (Å²) >= 11 is 5.81. The van der Waals surface area contributed by atoms with Crippen molar-refractivity contribution in [3.8, 4) is 0 Å². The fraction of sp³-hybridized carbons (Fsp3) is 0.154. The van der Waals surface area contributed by atoms with Gasteiger partial charge < -0.3 is 5.32 Å². The Labute approximate surface area is 110 Å². The molecule has 2 aromatic heterocycles. The molecule has 0 saturated carbocycles. The lowest BCUT2D eigenvalue weighted by atomic mass is 10.2. The fourth-order valence-electron chi connectivity index (χ4n) is 1.53. The summed E-state index contributed by atoms with van der Waals surface area (Å²) in [4.78, 5) is 20.0. The van der Waals surface area contributed by atoms with Gasteiger partial charge in [0.25, 0.3) is 5.91 Å². The molecule has 0 unspecified atom stereocenters. The van der Waals surface area contributed by atoms with Gasteiger partial charge in [-0.3, -0.25) is 9.78 Å². The first-order chi connectivity index (χ1) is 8.65. The normalized spacial score (nSPS) is 10.1. The maximum absolute atomic E-state index is 11.9. The minimum absolute atomic E-state index is 0.187. The van der Waals surface area contributed by atoms with E-state index in [0.717, 1.165) is 5.69 Å². The molecule has 1 amide bonds. The molecule has 2 heterocycles. The summed E-state index contributed by atoms with van der Waals surface area (Å²) in [6.07, 6.45) is 1.69. The molecule has 2 aromatic rings. The molecule has 0 aliphatic carbocycles. The number of amides is 1. The molecule has 5 heteroatoms. The van der Waals surface area contributed by atoms with E-state index < -0.39 is 0 Å². The van der Waals surface area contributed by atoms with Gasteiger partial charge in [0.1, 0.15) is 5.15 Å². The van der Waals surface area contributed by atoms with Crippen LogP contribution in [0, 0.1) is 6.92 Å². The van der Waals surface area contributed by atoms with Gasteiger partial charge in [-0.25, -0.2) is 4.98 Å². The second-order valence-corrected chi connectivity index (χ2v) is 4.21. The van der Waals surface area contributed by atoms with Crippen molar-refractivity contribution < 1.29 is 4.79 Å². The summed E-state index contributed by atoms with van der Waals surface area (Å²) in [6, 6.07) is 8.80. The van der Waals surface area contributed by atoms with Crippen LogP contribution in [0.5, 0.6) is 0 Å². The Balaban J connectivity index is 2.04. The Kier molecular flexibility index (Phi) is 3.89. The Morgan fingerprint density at radius 1 is 1.39 bits per heavy atom. The zero-order valence-corrected chi connectivity index (χ0v) is 10.6. The highest BCUT2D eigenvalue weighted by atomic mass is 35.5. The first kappa shape index (κ1) is 12.5. The summed E-state index contributed by atoms with van der Waals surface area (Å²) in [7, 11) is 0. The highest BCUT2D eigenvalue weighted by Gasteiger charge is 2.07. The third-order valence-electron chi connectivity index (χ3n) is 2.34. The molecule has 0 aliphatic rings. The third kappa shape index (κ3) is 3.28. The van der Waals surface area contributed by atoms with Crippen molar-refractivity contribution in [1.29, 1.82) is 0 Å². The predicted molar refractivity (Wildman–Crippen MR) is 69.4 cm³/mol. The SMILES string of the molecule is Cc1cc(C(=O)NCc2ccccn2)cc(Cl)n1. The van der Waals surface area contributed by atoms with E-state index in [0.29, 0.717) is 23.0 Å². The summed E-state index contributed by atoms with van der Waals surface area (Å²) in [5.74, 6) is -0.187. The Hall–Kier alpha value is -1.94. The Morgan fingerprint density at radius 2 is 2.22 bits per heavy atom. The van der Waals surface area contributed by atoms with Gasteiger partial charge in [-0.2, -0.15) is 0 Å². The average molecular weight is 262 g/mol. The van der Waals surface area contributed by atoms with E-state index in [-0.39, 0.29) is 5.91 Å². The van der Waals surface area contributed by atoms with Crippen molar-refractivity contribution in [1.82, 2.24) is 15.3 Å². The first-order valence-electron chi connectivity index (χ1n) is 5.47. The van der Waals surface area contributed by atoms with E-state index >= 15 is 0 Å². The molecule has 0 aliphatic heterocycles. The number of aromatic nitrogens is 2. The molecule has 0 aromatic carbocycles. The number of rotatable bonds is 3. The van der Waals surface area contributed by atoms with Crippen molar-refractivity contribution >= 4 is 17.5 Å². The number of aryl methyl sites for hydroxylation is 1. The van der Waals surface area contributed by atoms with Gasteiger partial charge in [-0.15, -0.1) is 0 Å². The largest absolute Gasteiger partial charge is 0.346 e. The molecular weight excluding hydrogens is 250 g/mol. The van der Waals surface area contributed by atoms with Crippen molar-refractivity contribution in [3.63, 3.8) is 0 Å². The van der Waals surface area contributed by atoms with E-state index in [4.69, 9.17) is 11.6 Å². The van der Waals surface area contributed by atoms with Crippen LogP contribution in [0.4, 0.5) is 0 Å². The summed E-state index contributed by atoms with van der Waals surface area (Å²) < 4.78 is 0. The molecule has 1 N–H and O–H groups in total. The number of pyridine rings is 2. The molecule has 0 atom stereocenters. The van der Waals surface area contributed by atoms with Crippen LogP contribution in [-0.4, -0.2) is 15.9 Å². The minimum Gasteiger partial charge on any atom is -0.346 e. The minimum atomic E-state index is -0.187. The Morgan fingerprint density at radius 3 is 2.89 bits per heavy atom. The standard InChI is InChI=1S/C13H12ClN3O/c1-9-6-10(7-12(14)17-9)13(18)16-8-11-4-2-3-5-15-11/h2-7H,8H2,1H3,(H,16,18). The second-order valence-electron chi connectivity index (χ2n) is 3.82. The van der Waals surface area contributed by atoms with Crippen LogP contribution in [0.1, 0.15) is 21.7 Å².